The molecule has 0 fully saturated rings. The van der Waals surface area contributed by atoms with Crippen molar-refractivity contribution in [3.63, 3.8) is 0 Å². The maximum atomic E-state index is 5.77. The van der Waals surface area contributed by atoms with Crippen LogP contribution in [-0.4, -0.2) is 15.0 Å². The van der Waals surface area contributed by atoms with Crippen LogP contribution in [0.2, 0.25) is 5.15 Å². The summed E-state index contributed by atoms with van der Waals surface area (Å²) in [5, 5.41) is 0.263. The summed E-state index contributed by atoms with van der Waals surface area (Å²) >= 11 is 5.77. The molecule has 4 nitrogen and oxygen atoms in total. The molecule has 0 radical (unpaired) electrons. The largest absolute Gasteiger partial charge is 0.395 e. The quantitative estimate of drug-likeness (QED) is 0.723. The first-order valence-electron chi connectivity index (χ1n) is 3.96. The number of hydrogen-bond donors (Lipinski definition) is 1. The second kappa shape index (κ2) is 3.59. The smallest absolute Gasteiger partial charge is 0.162 e. The summed E-state index contributed by atoms with van der Waals surface area (Å²) in [6.45, 7) is 0. The molecule has 0 aliphatic heterocycles. The predicted molar refractivity (Wildman–Crippen MR) is 54.7 cm³/mol. The van der Waals surface area contributed by atoms with Crippen molar-refractivity contribution in [3.05, 3.63) is 35.9 Å². The van der Waals surface area contributed by atoms with E-state index in [1.807, 2.05) is 12.1 Å². The monoisotopic (exact) mass is 206 g/mol. The number of nitrogens with two attached hydrogens (primary N) is 1. The van der Waals surface area contributed by atoms with E-state index in [4.69, 9.17) is 17.3 Å². The lowest BCUT2D eigenvalue weighted by Crippen LogP contribution is -1.94. The van der Waals surface area contributed by atoms with Crippen LogP contribution < -0.4 is 5.73 Å². The van der Waals surface area contributed by atoms with E-state index in [0.29, 0.717) is 11.5 Å². The lowest BCUT2D eigenvalue weighted by atomic mass is 10.3. The molecule has 0 unspecified atom stereocenters. The van der Waals surface area contributed by atoms with Crippen molar-refractivity contribution >= 4 is 17.3 Å². The molecule has 0 aliphatic rings. The van der Waals surface area contributed by atoms with Gasteiger partial charge in [-0.25, -0.2) is 9.97 Å². The van der Waals surface area contributed by atoms with Gasteiger partial charge in [0.25, 0.3) is 0 Å². The number of rotatable bonds is 1. The number of nitrogen functional groups attached to an aromatic ring is 1. The average molecular weight is 207 g/mol. The average Bonchev–Trinajstić information content (AvgIpc) is 2.23. The third-order valence-electron chi connectivity index (χ3n) is 1.69. The standard InChI is InChI=1S/C9H7ClN4/c10-8-7(11)5-13-9(14-8)6-2-1-3-12-4-6/h1-5H,11H2. The summed E-state index contributed by atoms with van der Waals surface area (Å²) < 4.78 is 0. The Labute approximate surface area is 85.8 Å². The number of aromatic nitrogens is 3. The third-order valence-corrected chi connectivity index (χ3v) is 1.99. The van der Waals surface area contributed by atoms with Crippen LogP contribution in [0, 0.1) is 0 Å². The van der Waals surface area contributed by atoms with Crippen molar-refractivity contribution in [2.24, 2.45) is 0 Å². The predicted octanol–water partition coefficient (Wildman–Crippen LogP) is 1.77. The lowest BCUT2D eigenvalue weighted by molar-refractivity contribution is 1.17. The Morgan fingerprint density at radius 3 is 2.79 bits per heavy atom. The Morgan fingerprint density at radius 2 is 2.14 bits per heavy atom. The summed E-state index contributed by atoms with van der Waals surface area (Å²) in [4.78, 5) is 12.0. The van der Waals surface area contributed by atoms with Gasteiger partial charge in [0.15, 0.2) is 11.0 Å². The van der Waals surface area contributed by atoms with Crippen molar-refractivity contribution < 1.29 is 0 Å². The third kappa shape index (κ3) is 1.65. The highest BCUT2D eigenvalue weighted by atomic mass is 35.5. The highest BCUT2D eigenvalue weighted by Gasteiger charge is 2.03. The molecular weight excluding hydrogens is 200 g/mol. The van der Waals surface area contributed by atoms with Crippen LogP contribution in [0.3, 0.4) is 0 Å². The van der Waals surface area contributed by atoms with Gasteiger partial charge in [-0.3, -0.25) is 4.98 Å². The zero-order valence-electron chi connectivity index (χ0n) is 7.18. The van der Waals surface area contributed by atoms with Crippen LogP contribution >= 0.6 is 11.6 Å². The van der Waals surface area contributed by atoms with Crippen molar-refractivity contribution in [1.29, 1.82) is 0 Å². The lowest BCUT2D eigenvalue weighted by Gasteiger charge is -2.00. The van der Waals surface area contributed by atoms with Gasteiger partial charge in [-0.1, -0.05) is 11.6 Å². The van der Waals surface area contributed by atoms with Crippen molar-refractivity contribution in [2.45, 2.75) is 0 Å². The fraction of sp³-hybridized carbons (Fsp3) is 0. The number of pyridine rings is 1. The molecule has 0 spiro atoms. The normalized spacial score (nSPS) is 10.1. The molecule has 5 heteroatoms. The van der Waals surface area contributed by atoms with Crippen LogP contribution in [0.25, 0.3) is 11.4 Å². The minimum Gasteiger partial charge on any atom is -0.395 e. The summed E-state index contributed by atoms with van der Waals surface area (Å²) in [6, 6.07) is 3.66. The van der Waals surface area contributed by atoms with Gasteiger partial charge in [-0.05, 0) is 12.1 Å². The van der Waals surface area contributed by atoms with Crippen LogP contribution in [0.4, 0.5) is 5.69 Å². The summed E-state index contributed by atoms with van der Waals surface area (Å²) in [5.41, 5.74) is 6.68. The van der Waals surface area contributed by atoms with E-state index in [-0.39, 0.29) is 5.15 Å². The molecule has 0 atom stereocenters. The van der Waals surface area contributed by atoms with E-state index < -0.39 is 0 Å². The molecule has 0 aromatic carbocycles. The maximum absolute atomic E-state index is 5.77. The van der Waals surface area contributed by atoms with Crippen LogP contribution in [0.5, 0.6) is 0 Å². The van der Waals surface area contributed by atoms with E-state index >= 15 is 0 Å². The van der Waals surface area contributed by atoms with E-state index in [1.54, 1.807) is 12.4 Å². The van der Waals surface area contributed by atoms with E-state index in [1.165, 1.54) is 6.20 Å². The molecule has 0 amide bonds. The maximum Gasteiger partial charge on any atom is 0.162 e. The zero-order chi connectivity index (χ0) is 9.97. The van der Waals surface area contributed by atoms with Gasteiger partial charge in [-0.15, -0.1) is 0 Å². The summed E-state index contributed by atoms with van der Waals surface area (Å²) in [7, 11) is 0. The number of halogens is 1. The Kier molecular flexibility index (Phi) is 2.28. The Morgan fingerprint density at radius 1 is 1.29 bits per heavy atom. The number of hydrogen-bond acceptors (Lipinski definition) is 4. The Bertz CT molecular complexity index is 444. The SMILES string of the molecule is Nc1cnc(-c2cccnc2)nc1Cl. The van der Waals surface area contributed by atoms with Gasteiger partial charge >= 0.3 is 0 Å². The molecule has 70 valence electrons. The van der Waals surface area contributed by atoms with E-state index in [2.05, 4.69) is 15.0 Å². The first kappa shape index (κ1) is 8.90. The molecule has 2 aromatic heterocycles. The molecule has 2 heterocycles. The number of anilines is 1. The van der Waals surface area contributed by atoms with Gasteiger partial charge in [0.05, 0.1) is 11.9 Å². The minimum atomic E-state index is 0.263. The molecule has 0 aliphatic carbocycles. The topological polar surface area (TPSA) is 64.7 Å². The molecule has 0 saturated carbocycles. The second-order valence-corrected chi connectivity index (χ2v) is 3.04. The highest BCUT2D eigenvalue weighted by molar-refractivity contribution is 6.31. The van der Waals surface area contributed by atoms with Crippen LogP contribution in [0.15, 0.2) is 30.7 Å². The molecule has 14 heavy (non-hydrogen) atoms. The van der Waals surface area contributed by atoms with Crippen LogP contribution in [0.1, 0.15) is 0 Å². The summed E-state index contributed by atoms with van der Waals surface area (Å²) in [6.07, 6.45) is 4.84. The van der Waals surface area contributed by atoms with Crippen molar-refractivity contribution in [1.82, 2.24) is 15.0 Å². The van der Waals surface area contributed by atoms with Crippen molar-refractivity contribution in [2.75, 3.05) is 5.73 Å². The number of nitrogens with zero attached hydrogens (tertiary/aromatic N) is 3. The molecule has 2 N–H and O–H groups in total. The molecule has 2 aromatic rings. The fourth-order valence-electron chi connectivity index (χ4n) is 1.00. The molecular formula is C9H7ClN4. The highest BCUT2D eigenvalue weighted by Crippen LogP contribution is 2.19. The van der Waals surface area contributed by atoms with Gasteiger partial charge in [-0.2, -0.15) is 0 Å². The second-order valence-electron chi connectivity index (χ2n) is 2.68. The minimum absolute atomic E-state index is 0.263. The van der Waals surface area contributed by atoms with Crippen LogP contribution in [-0.2, 0) is 0 Å². The summed E-state index contributed by atoms with van der Waals surface area (Å²) in [5.74, 6) is 0.525. The van der Waals surface area contributed by atoms with Gasteiger partial charge in [0, 0.05) is 18.0 Å². The Hall–Kier alpha value is -1.68. The zero-order valence-corrected chi connectivity index (χ0v) is 7.94. The van der Waals surface area contributed by atoms with Gasteiger partial charge < -0.3 is 5.73 Å². The molecule has 0 bridgehead atoms. The molecule has 0 saturated heterocycles. The first-order chi connectivity index (χ1) is 6.77. The van der Waals surface area contributed by atoms with Crippen molar-refractivity contribution in [3.8, 4) is 11.4 Å². The Balaban J connectivity index is 2.48. The van der Waals surface area contributed by atoms with E-state index in [0.717, 1.165) is 5.56 Å². The fourth-order valence-corrected chi connectivity index (χ4v) is 1.13. The molecule has 2 rings (SSSR count). The first-order valence-corrected chi connectivity index (χ1v) is 4.33. The van der Waals surface area contributed by atoms with Gasteiger partial charge in [0.2, 0.25) is 0 Å². The van der Waals surface area contributed by atoms with Gasteiger partial charge in [0.1, 0.15) is 0 Å². The van der Waals surface area contributed by atoms with E-state index in [9.17, 15) is 0 Å².